The van der Waals surface area contributed by atoms with Crippen LogP contribution in [0.15, 0.2) is 4.52 Å². The lowest BCUT2D eigenvalue weighted by Gasteiger charge is -2.31. The van der Waals surface area contributed by atoms with Gasteiger partial charge in [0.1, 0.15) is 6.04 Å². The summed E-state index contributed by atoms with van der Waals surface area (Å²) in [6, 6.07) is -1.16. The number of carboxylic acid groups (broad SMARTS) is 1. The molecule has 1 aliphatic rings. The molecule has 0 radical (unpaired) electrons. The topological polar surface area (TPSA) is 109 Å². The highest BCUT2D eigenvalue weighted by Crippen LogP contribution is 2.27. The Morgan fingerprint density at radius 2 is 2.08 bits per heavy atom. The first-order valence-electron chi connectivity index (χ1n) is 8.53. The van der Waals surface area contributed by atoms with Gasteiger partial charge in [0.25, 0.3) is 0 Å². The Hall–Kier alpha value is -1.77. The Balaban J connectivity index is 1.85. The number of thioether (sulfide) groups is 1. The van der Waals surface area contributed by atoms with Gasteiger partial charge < -0.3 is 19.8 Å². The van der Waals surface area contributed by atoms with Crippen molar-refractivity contribution in [3.8, 4) is 0 Å². The van der Waals surface area contributed by atoms with Crippen LogP contribution in [0.4, 0.5) is 4.79 Å². The Morgan fingerprint density at radius 1 is 1.40 bits per heavy atom. The van der Waals surface area contributed by atoms with Crippen LogP contribution in [-0.4, -0.2) is 63.3 Å². The summed E-state index contributed by atoms with van der Waals surface area (Å²) in [7, 11) is 0. The molecule has 0 aliphatic carbocycles. The molecule has 1 saturated heterocycles. The molecular weight excluding hydrogens is 344 g/mol. The normalized spacial score (nSPS) is 16.9. The fraction of sp³-hybridized carbons (Fsp3) is 0.750. The highest BCUT2D eigenvalue weighted by Gasteiger charge is 2.29. The van der Waals surface area contributed by atoms with Crippen LogP contribution in [0.2, 0.25) is 0 Å². The molecular formula is C16H26N4O4S. The van der Waals surface area contributed by atoms with Gasteiger partial charge in [-0.05, 0) is 31.3 Å². The average Bonchev–Trinajstić information content (AvgIpc) is 3.08. The van der Waals surface area contributed by atoms with Gasteiger partial charge in [-0.3, -0.25) is 0 Å². The first-order chi connectivity index (χ1) is 11.9. The number of carbonyl (C=O) groups excluding carboxylic acids is 1. The highest BCUT2D eigenvalue weighted by molar-refractivity contribution is 7.98. The van der Waals surface area contributed by atoms with E-state index in [2.05, 4.69) is 15.5 Å². The van der Waals surface area contributed by atoms with E-state index in [0.29, 0.717) is 37.0 Å². The van der Waals surface area contributed by atoms with Crippen molar-refractivity contribution in [1.82, 2.24) is 20.4 Å². The third-order valence-electron chi connectivity index (χ3n) is 4.31. The standard InChI is InChI=1S/C16H26N4O4S/c1-10(2)13-18-14(24-19-13)11-4-7-20(8-5-11)16(23)17-12(15(21)22)6-9-25-3/h10-12H,4-9H2,1-3H3,(H,17,23)(H,21,22). The quantitative estimate of drug-likeness (QED) is 0.758. The van der Waals surface area contributed by atoms with E-state index in [0.717, 1.165) is 12.8 Å². The Bertz CT molecular complexity index is 584. The van der Waals surface area contributed by atoms with Crippen LogP contribution < -0.4 is 5.32 Å². The first kappa shape index (κ1) is 19.6. The molecule has 2 amide bonds. The number of hydrogen-bond acceptors (Lipinski definition) is 6. The zero-order valence-corrected chi connectivity index (χ0v) is 15.7. The molecule has 2 rings (SSSR count). The number of urea groups is 1. The predicted octanol–water partition coefficient (Wildman–Crippen LogP) is 2.29. The number of piperidine rings is 1. The summed E-state index contributed by atoms with van der Waals surface area (Å²) in [6.45, 7) is 5.12. The molecule has 8 nitrogen and oxygen atoms in total. The maximum atomic E-state index is 12.3. The summed E-state index contributed by atoms with van der Waals surface area (Å²) < 4.78 is 5.34. The molecule has 0 spiro atoms. The van der Waals surface area contributed by atoms with Crippen LogP contribution in [0.5, 0.6) is 0 Å². The summed E-state index contributed by atoms with van der Waals surface area (Å²) in [4.78, 5) is 29.6. The van der Waals surface area contributed by atoms with Gasteiger partial charge in [-0.2, -0.15) is 16.7 Å². The monoisotopic (exact) mass is 370 g/mol. The zero-order chi connectivity index (χ0) is 18.4. The molecule has 1 aromatic rings. The molecule has 0 bridgehead atoms. The number of hydrogen-bond donors (Lipinski definition) is 2. The lowest BCUT2D eigenvalue weighted by Crippen LogP contribution is -2.50. The number of rotatable bonds is 7. The minimum absolute atomic E-state index is 0.149. The number of carboxylic acids is 1. The minimum Gasteiger partial charge on any atom is -0.480 e. The molecule has 1 atom stereocenters. The van der Waals surface area contributed by atoms with Crippen LogP contribution in [0.1, 0.15) is 56.7 Å². The fourth-order valence-electron chi connectivity index (χ4n) is 2.71. The van der Waals surface area contributed by atoms with Crippen molar-refractivity contribution in [3.63, 3.8) is 0 Å². The summed E-state index contributed by atoms with van der Waals surface area (Å²) in [6.07, 6.45) is 3.79. The number of amides is 2. The number of likely N-dealkylation sites (tertiary alicyclic amines) is 1. The molecule has 2 N–H and O–H groups in total. The molecule has 1 fully saturated rings. The summed E-state index contributed by atoms with van der Waals surface area (Å²) in [5.41, 5.74) is 0. The van der Waals surface area contributed by atoms with Gasteiger partial charge in [0.05, 0.1) is 0 Å². The van der Waals surface area contributed by atoms with Crippen molar-refractivity contribution in [2.45, 2.75) is 51.0 Å². The van der Waals surface area contributed by atoms with Crippen LogP contribution >= 0.6 is 11.8 Å². The molecule has 1 aromatic heterocycles. The summed E-state index contributed by atoms with van der Waals surface area (Å²) in [5.74, 6) is 1.40. The lowest BCUT2D eigenvalue weighted by molar-refractivity contribution is -0.139. The SMILES string of the molecule is CSCCC(NC(=O)N1CCC(c2nc(C(C)C)no2)CC1)C(=O)O. The highest BCUT2D eigenvalue weighted by atomic mass is 32.2. The van der Waals surface area contributed by atoms with Crippen molar-refractivity contribution < 1.29 is 19.2 Å². The maximum absolute atomic E-state index is 12.3. The second kappa shape index (κ2) is 9.07. The third-order valence-corrected chi connectivity index (χ3v) is 4.96. The van der Waals surface area contributed by atoms with Gasteiger partial charge >= 0.3 is 12.0 Å². The van der Waals surface area contributed by atoms with Crippen LogP contribution in [-0.2, 0) is 4.79 Å². The minimum atomic E-state index is -0.996. The molecule has 2 heterocycles. The van der Waals surface area contributed by atoms with E-state index in [-0.39, 0.29) is 17.9 Å². The Kier molecular flexibility index (Phi) is 7.10. The second-order valence-electron chi connectivity index (χ2n) is 6.53. The van der Waals surface area contributed by atoms with E-state index in [1.165, 1.54) is 0 Å². The van der Waals surface area contributed by atoms with Gasteiger partial charge in [-0.15, -0.1) is 0 Å². The van der Waals surface area contributed by atoms with Gasteiger partial charge in [0.15, 0.2) is 5.82 Å². The van der Waals surface area contributed by atoms with E-state index in [4.69, 9.17) is 4.52 Å². The van der Waals surface area contributed by atoms with Crippen LogP contribution in [0.3, 0.4) is 0 Å². The van der Waals surface area contributed by atoms with Gasteiger partial charge in [0, 0.05) is 24.9 Å². The molecule has 1 aliphatic heterocycles. The van der Waals surface area contributed by atoms with Crippen molar-refractivity contribution in [2.24, 2.45) is 0 Å². The third kappa shape index (κ3) is 5.35. The van der Waals surface area contributed by atoms with Gasteiger partial charge in [0.2, 0.25) is 5.89 Å². The molecule has 0 saturated carbocycles. The van der Waals surface area contributed by atoms with Crippen LogP contribution in [0, 0.1) is 0 Å². The largest absolute Gasteiger partial charge is 0.480 e. The van der Waals surface area contributed by atoms with E-state index in [1.807, 2.05) is 20.1 Å². The van der Waals surface area contributed by atoms with Gasteiger partial charge in [-0.25, -0.2) is 9.59 Å². The lowest BCUT2D eigenvalue weighted by atomic mass is 9.97. The smallest absolute Gasteiger partial charge is 0.326 e. The van der Waals surface area contributed by atoms with Crippen LogP contribution in [0.25, 0.3) is 0 Å². The fourth-order valence-corrected chi connectivity index (χ4v) is 3.18. The number of aliphatic carboxylic acids is 1. The first-order valence-corrected chi connectivity index (χ1v) is 9.92. The molecule has 9 heteroatoms. The molecule has 0 aromatic carbocycles. The van der Waals surface area contributed by atoms with E-state index >= 15 is 0 Å². The zero-order valence-electron chi connectivity index (χ0n) is 14.9. The van der Waals surface area contributed by atoms with E-state index in [9.17, 15) is 14.7 Å². The van der Waals surface area contributed by atoms with E-state index < -0.39 is 12.0 Å². The number of aromatic nitrogens is 2. The number of carbonyl (C=O) groups is 2. The Morgan fingerprint density at radius 3 is 2.60 bits per heavy atom. The molecule has 1 unspecified atom stereocenters. The maximum Gasteiger partial charge on any atom is 0.326 e. The second-order valence-corrected chi connectivity index (χ2v) is 7.51. The van der Waals surface area contributed by atoms with Crippen molar-refractivity contribution in [3.05, 3.63) is 11.7 Å². The van der Waals surface area contributed by atoms with Crippen molar-refractivity contribution >= 4 is 23.8 Å². The summed E-state index contributed by atoms with van der Waals surface area (Å²) in [5, 5.41) is 15.8. The van der Waals surface area contributed by atoms with Gasteiger partial charge in [-0.1, -0.05) is 19.0 Å². The number of nitrogens with one attached hydrogen (secondary N) is 1. The van der Waals surface area contributed by atoms with Crippen molar-refractivity contribution in [2.75, 3.05) is 25.1 Å². The Labute approximate surface area is 151 Å². The molecule has 25 heavy (non-hydrogen) atoms. The average molecular weight is 370 g/mol. The predicted molar refractivity (Wildman–Crippen MR) is 94.9 cm³/mol. The van der Waals surface area contributed by atoms with Crippen molar-refractivity contribution in [1.29, 1.82) is 0 Å². The van der Waals surface area contributed by atoms with E-state index in [1.54, 1.807) is 16.7 Å². The summed E-state index contributed by atoms with van der Waals surface area (Å²) >= 11 is 1.56. The molecule has 140 valence electrons. The number of nitrogens with zero attached hydrogens (tertiary/aromatic N) is 3.